The first-order chi connectivity index (χ1) is 20.8. The summed E-state index contributed by atoms with van der Waals surface area (Å²) in [7, 11) is 0. The number of fused-ring (bicyclic) bond motifs is 1. The number of aromatic hydroxyl groups is 2. The summed E-state index contributed by atoms with van der Waals surface area (Å²) in [6, 6.07) is 7.14. The van der Waals surface area contributed by atoms with E-state index in [9.17, 15) is 55.5 Å². The average Bonchev–Trinajstić information content (AvgIpc) is 2.97. The molecule has 3 heterocycles. The lowest BCUT2D eigenvalue weighted by Crippen LogP contribution is -2.60. The monoisotopic (exact) mass is 624 g/mol. The second-order valence-electron chi connectivity index (χ2n) is 10.0. The van der Waals surface area contributed by atoms with Gasteiger partial charge in [0.15, 0.2) is 24.4 Å². The molecule has 0 spiro atoms. The van der Waals surface area contributed by atoms with Crippen LogP contribution in [-0.4, -0.2) is 114 Å². The van der Waals surface area contributed by atoms with E-state index in [0.29, 0.717) is 0 Å². The molecule has 238 valence electrons. The van der Waals surface area contributed by atoms with Crippen molar-refractivity contribution >= 4 is 16.9 Å². The van der Waals surface area contributed by atoms with E-state index in [0.717, 1.165) is 19.1 Å². The lowest BCUT2D eigenvalue weighted by molar-refractivity contribution is -0.323. The maximum Gasteiger partial charge on any atom is 0.303 e. The molecule has 3 aromatic rings. The van der Waals surface area contributed by atoms with Crippen LogP contribution in [0.3, 0.4) is 0 Å². The van der Waals surface area contributed by atoms with Crippen LogP contribution in [0, 0.1) is 0 Å². The van der Waals surface area contributed by atoms with Gasteiger partial charge in [-0.3, -0.25) is 9.59 Å². The van der Waals surface area contributed by atoms with Crippen molar-refractivity contribution in [2.75, 3.05) is 0 Å². The van der Waals surface area contributed by atoms with Crippen molar-refractivity contribution in [1.82, 2.24) is 0 Å². The number of ether oxygens (including phenoxy) is 5. The third-order valence-corrected chi connectivity index (χ3v) is 6.89. The molecule has 0 amide bonds. The third-order valence-electron chi connectivity index (χ3n) is 6.89. The number of carbonyl (C=O) groups is 1. The van der Waals surface area contributed by atoms with E-state index < -0.39 is 90.1 Å². The molecule has 2 fully saturated rings. The molecule has 44 heavy (non-hydrogen) atoms. The zero-order valence-corrected chi connectivity index (χ0v) is 22.5. The summed E-state index contributed by atoms with van der Waals surface area (Å²) in [5.41, 5.74) is -1.24. The highest BCUT2D eigenvalue weighted by Crippen LogP contribution is 2.38. The van der Waals surface area contributed by atoms with E-state index in [1.807, 2.05) is 0 Å². The molecule has 2 aliphatic heterocycles. The van der Waals surface area contributed by atoms with Gasteiger partial charge in [-0.2, -0.15) is 0 Å². The van der Waals surface area contributed by atoms with E-state index in [1.54, 1.807) is 0 Å². The SMILES string of the molecule is CC(=O)O[C@@H]1[C@H](O)[C@@H](O)C(Oc2c(-c3ccc(O)cc3)oc3cc(OC4O[C@@H](O)[C@H](O)[C@H](O)[C@H]4O)cc(O)c3c2=O)O[C@H]1O. The summed E-state index contributed by atoms with van der Waals surface area (Å²) in [5.74, 6) is -3.09. The van der Waals surface area contributed by atoms with E-state index in [-0.39, 0.29) is 28.4 Å². The van der Waals surface area contributed by atoms with E-state index in [1.165, 1.54) is 24.3 Å². The van der Waals surface area contributed by atoms with Gasteiger partial charge >= 0.3 is 5.97 Å². The fraction of sp³-hybridized carbons (Fsp3) is 0.407. The van der Waals surface area contributed by atoms with Crippen molar-refractivity contribution < 1.29 is 78.9 Å². The van der Waals surface area contributed by atoms with Gasteiger partial charge < -0.3 is 74.1 Å². The van der Waals surface area contributed by atoms with Crippen molar-refractivity contribution in [2.24, 2.45) is 0 Å². The summed E-state index contributed by atoms with van der Waals surface area (Å²) in [6.45, 7) is 1.00. The molecule has 17 heteroatoms. The fourth-order valence-electron chi connectivity index (χ4n) is 4.65. The van der Waals surface area contributed by atoms with Crippen LogP contribution in [0.4, 0.5) is 0 Å². The maximum absolute atomic E-state index is 13.7. The number of phenolic OH excluding ortho intramolecular Hbond substituents is 2. The van der Waals surface area contributed by atoms with Crippen LogP contribution in [0.5, 0.6) is 23.0 Å². The molecule has 0 bridgehead atoms. The van der Waals surface area contributed by atoms with Crippen LogP contribution in [-0.2, 0) is 19.0 Å². The van der Waals surface area contributed by atoms with Gasteiger partial charge in [0.1, 0.15) is 58.7 Å². The standard InChI is InChI=1S/C27H28O17/c1-8(28)39-23-17(33)20(36)27(44-25(23)38)42-22-15(31)14-12(30)6-11(40-26-19(35)16(32)18(34)24(37)43-26)7-13(14)41-21(22)9-2-4-10(29)5-3-9/h2-7,16-20,23-27,29-30,32-38H,1H3/t16-,17+,18+,19+,20+,23+,24+,25+,26?,27?/m0/s1. The molecule has 2 saturated heterocycles. The quantitative estimate of drug-likeness (QED) is 0.131. The predicted octanol–water partition coefficient (Wildman–Crippen LogP) is -2.29. The first-order valence-electron chi connectivity index (χ1n) is 13.0. The van der Waals surface area contributed by atoms with Gasteiger partial charge in [-0.1, -0.05) is 0 Å². The van der Waals surface area contributed by atoms with Gasteiger partial charge in [0.25, 0.3) is 0 Å². The summed E-state index contributed by atoms with van der Waals surface area (Å²) in [5, 5.41) is 91.0. The Hall–Kier alpha value is -4.04. The minimum absolute atomic E-state index is 0.123. The van der Waals surface area contributed by atoms with Gasteiger partial charge in [0.2, 0.25) is 23.8 Å². The molecule has 2 aliphatic rings. The molecule has 1 aromatic heterocycles. The van der Waals surface area contributed by atoms with Crippen molar-refractivity contribution in [3.8, 4) is 34.3 Å². The van der Waals surface area contributed by atoms with E-state index >= 15 is 0 Å². The Morgan fingerprint density at radius 3 is 2.05 bits per heavy atom. The highest BCUT2D eigenvalue weighted by molar-refractivity contribution is 5.88. The topological polar surface area (TPSA) is 275 Å². The molecule has 0 radical (unpaired) electrons. The van der Waals surface area contributed by atoms with Crippen LogP contribution >= 0.6 is 0 Å². The Labute approximate surface area is 245 Å². The van der Waals surface area contributed by atoms with Crippen LogP contribution < -0.4 is 14.9 Å². The van der Waals surface area contributed by atoms with E-state index in [4.69, 9.17) is 28.1 Å². The van der Waals surface area contributed by atoms with Crippen LogP contribution in [0.2, 0.25) is 0 Å². The number of phenols is 2. The number of rotatable bonds is 6. The van der Waals surface area contributed by atoms with Crippen LogP contribution in [0.25, 0.3) is 22.3 Å². The number of benzene rings is 2. The zero-order chi connectivity index (χ0) is 32.0. The molecule has 10 atom stereocenters. The molecule has 9 N–H and O–H groups in total. The molecule has 2 aromatic carbocycles. The summed E-state index contributed by atoms with van der Waals surface area (Å²) in [4.78, 5) is 25.0. The summed E-state index contributed by atoms with van der Waals surface area (Å²) in [6.07, 6.45) is -18.7. The lowest BCUT2D eigenvalue weighted by atomic mass is 10.0. The van der Waals surface area contributed by atoms with Crippen LogP contribution in [0.15, 0.2) is 45.6 Å². The Kier molecular flexibility index (Phi) is 8.67. The largest absolute Gasteiger partial charge is 0.508 e. The van der Waals surface area contributed by atoms with Crippen LogP contribution in [0.1, 0.15) is 6.92 Å². The second-order valence-corrected chi connectivity index (χ2v) is 10.0. The fourth-order valence-corrected chi connectivity index (χ4v) is 4.65. The number of aliphatic hydroxyl groups is 7. The van der Waals surface area contributed by atoms with E-state index in [2.05, 4.69) is 0 Å². The molecular weight excluding hydrogens is 596 g/mol. The number of carbonyl (C=O) groups excluding carboxylic acids is 1. The highest BCUT2D eigenvalue weighted by Gasteiger charge is 2.48. The first-order valence-corrected chi connectivity index (χ1v) is 13.0. The smallest absolute Gasteiger partial charge is 0.303 e. The average molecular weight is 625 g/mol. The summed E-state index contributed by atoms with van der Waals surface area (Å²) >= 11 is 0. The normalized spacial score (nSPS) is 32.3. The molecular formula is C27H28O17. The number of esters is 1. The Bertz CT molecular complexity index is 1570. The van der Waals surface area contributed by atoms with Crippen molar-refractivity contribution in [3.05, 3.63) is 46.6 Å². The Balaban J connectivity index is 1.55. The van der Waals surface area contributed by atoms with Crippen molar-refractivity contribution in [3.63, 3.8) is 0 Å². The number of hydrogen-bond donors (Lipinski definition) is 9. The number of hydrogen-bond acceptors (Lipinski definition) is 17. The Morgan fingerprint density at radius 1 is 0.773 bits per heavy atom. The van der Waals surface area contributed by atoms with Gasteiger partial charge in [-0.05, 0) is 24.3 Å². The van der Waals surface area contributed by atoms with Gasteiger partial charge in [-0.25, -0.2) is 0 Å². The van der Waals surface area contributed by atoms with Crippen molar-refractivity contribution in [2.45, 2.75) is 68.7 Å². The molecule has 5 rings (SSSR count). The summed E-state index contributed by atoms with van der Waals surface area (Å²) < 4.78 is 31.9. The minimum atomic E-state index is -1.99. The highest BCUT2D eigenvalue weighted by atomic mass is 16.8. The van der Waals surface area contributed by atoms with Gasteiger partial charge in [-0.15, -0.1) is 0 Å². The molecule has 0 aliphatic carbocycles. The molecule has 0 saturated carbocycles. The predicted molar refractivity (Wildman–Crippen MR) is 140 cm³/mol. The van der Waals surface area contributed by atoms with Gasteiger partial charge in [0, 0.05) is 24.6 Å². The third kappa shape index (κ3) is 5.87. The second kappa shape index (κ2) is 12.2. The molecule has 2 unspecified atom stereocenters. The minimum Gasteiger partial charge on any atom is -0.508 e. The number of aliphatic hydroxyl groups excluding tert-OH is 7. The van der Waals surface area contributed by atoms with Crippen molar-refractivity contribution in [1.29, 1.82) is 0 Å². The lowest BCUT2D eigenvalue weighted by Gasteiger charge is -2.39. The molecule has 17 nitrogen and oxygen atoms in total. The van der Waals surface area contributed by atoms with Gasteiger partial charge in [0.05, 0.1) is 0 Å². The Morgan fingerprint density at radius 2 is 1.39 bits per heavy atom. The maximum atomic E-state index is 13.7. The first kappa shape index (κ1) is 31.4. The zero-order valence-electron chi connectivity index (χ0n) is 22.5.